The largest absolute Gasteiger partial charge is 0.349 e. The molecule has 138 valence electrons. The number of halogens is 1. The van der Waals surface area contributed by atoms with Crippen LogP contribution in [0.1, 0.15) is 50.5 Å². The summed E-state index contributed by atoms with van der Waals surface area (Å²) in [4.78, 5) is 4.09. The maximum Gasteiger partial charge on any atom is 0.173 e. The fourth-order valence-electron chi connectivity index (χ4n) is 4.37. The Morgan fingerprint density at radius 2 is 1.76 bits per heavy atom. The van der Waals surface area contributed by atoms with Crippen molar-refractivity contribution in [3.05, 3.63) is 28.8 Å². The van der Waals surface area contributed by atoms with Crippen LogP contribution in [0.15, 0.2) is 18.2 Å². The van der Waals surface area contributed by atoms with Gasteiger partial charge in [0.1, 0.15) is 0 Å². The first-order valence-electron chi connectivity index (χ1n) is 9.70. The zero-order chi connectivity index (χ0) is 17.8. The van der Waals surface area contributed by atoms with Crippen LogP contribution in [-0.4, -0.2) is 42.2 Å². The third-order valence-electron chi connectivity index (χ3n) is 6.18. The van der Waals surface area contributed by atoms with E-state index in [0.29, 0.717) is 0 Å². The Balaban J connectivity index is 1.51. The number of nitrogens with zero attached hydrogens (tertiary/aromatic N) is 1. The van der Waals surface area contributed by atoms with E-state index >= 15 is 0 Å². The Bertz CT molecular complexity index is 593. The molecule has 2 fully saturated rings. The van der Waals surface area contributed by atoms with Crippen molar-refractivity contribution < 1.29 is 4.90 Å². The Kier molecular flexibility index (Phi) is 6.59. The Labute approximate surface area is 162 Å². The lowest BCUT2D eigenvalue weighted by Crippen LogP contribution is -3.17. The minimum atomic E-state index is 0.782. The van der Waals surface area contributed by atoms with Crippen LogP contribution in [0.4, 0.5) is 5.69 Å². The van der Waals surface area contributed by atoms with Gasteiger partial charge in [0, 0.05) is 36.6 Å². The van der Waals surface area contributed by atoms with Gasteiger partial charge in [-0.2, -0.15) is 0 Å². The lowest BCUT2D eigenvalue weighted by Gasteiger charge is -2.39. The summed E-state index contributed by atoms with van der Waals surface area (Å²) in [6.07, 6.45) is 9.59. The highest BCUT2D eigenvalue weighted by Crippen LogP contribution is 2.24. The molecule has 0 radical (unpaired) electrons. The summed E-state index contributed by atoms with van der Waals surface area (Å²) in [5.41, 5.74) is 2.08. The van der Waals surface area contributed by atoms with Crippen molar-refractivity contribution in [3.63, 3.8) is 0 Å². The van der Waals surface area contributed by atoms with Gasteiger partial charge in [-0.25, -0.2) is 0 Å². The van der Waals surface area contributed by atoms with Crippen LogP contribution >= 0.6 is 23.8 Å². The number of piperidine rings is 1. The smallest absolute Gasteiger partial charge is 0.173 e. The number of hydrogen-bond donors (Lipinski definition) is 2. The third-order valence-corrected chi connectivity index (χ3v) is 6.95. The summed E-state index contributed by atoms with van der Waals surface area (Å²) in [5.74, 6) is 0. The number of nitrogens with one attached hydrogen (secondary N) is 2. The van der Waals surface area contributed by atoms with Crippen molar-refractivity contribution in [3.8, 4) is 0 Å². The standard InChI is InChI=1S/C20H30ClN3S/c1-15-18(21)9-6-10-19(15)22-20(25)24-13-11-17(12-14-24)23(2)16-7-4-3-5-8-16/h6,9-10,16-17H,3-5,7-8,11-14H2,1-2H3,(H,22,25)/p+1. The number of likely N-dealkylation sites (tertiary alicyclic amines) is 1. The van der Waals surface area contributed by atoms with Gasteiger partial charge in [-0.1, -0.05) is 24.1 Å². The highest BCUT2D eigenvalue weighted by atomic mass is 35.5. The predicted molar refractivity (Wildman–Crippen MR) is 111 cm³/mol. The summed E-state index contributed by atoms with van der Waals surface area (Å²) in [6.45, 7) is 4.14. The minimum Gasteiger partial charge on any atom is -0.349 e. The summed E-state index contributed by atoms with van der Waals surface area (Å²) in [7, 11) is 2.42. The molecule has 1 saturated heterocycles. The van der Waals surface area contributed by atoms with Gasteiger partial charge >= 0.3 is 0 Å². The van der Waals surface area contributed by atoms with Gasteiger partial charge in [0.05, 0.1) is 19.1 Å². The van der Waals surface area contributed by atoms with Crippen molar-refractivity contribution >= 4 is 34.6 Å². The Hall–Kier alpha value is -0.840. The van der Waals surface area contributed by atoms with E-state index < -0.39 is 0 Å². The molecule has 1 aliphatic heterocycles. The van der Waals surface area contributed by atoms with Gasteiger partial charge < -0.3 is 15.1 Å². The van der Waals surface area contributed by atoms with E-state index in [4.69, 9.17) is 23.8 Å². The first kappa shape index (κ1) is 18.9. The van der Waals surface area contributed by atoms with Crippen LogP contribution in [0, 0.1) is 6.92 Å². The van der Waals surface area contributed by atoms with Crippen molar-refractivity contribution in [2.45, 2.75) is 64.0 Å². The monoisotopic (exact) mass is 380 g/mol. The average Bonchev–Trinajstić information content (AvgIpc) is 2.65. The molecule has 1 atom stereocenters. The molecule has 1 aromatic carbocycles. The summed E-state index contributed by atoms with van der Waals surface area (Å²) in [6, 6.07) is 7.59. The second-order valence-electron chi connectivity index (χ2n) is 7.68. The molecule has 1 saturated carbocycles. The quantitative estimate of drug-likeness (QED) is 0.781. The van der Waals surface area contributed by atoms with Gasteiger partial charge in [-0.05, 0) is 62.5 Å². The fraction of sp³-hybridized carbons (Fsp3) is 0.650. The van der Waals surface area contributed by atoms with Crippen molar-refractivity contribution in [1.82, 2.24) is 4.90 Å². The van der Waals surface area contributed by atoms with E-state index in [1.165, 1.54) is 44.9 Å². The highest BCUT2D eigenvalue weighted by molar-refractivity contribution is 7.80. The molecule has 1 aromatic rings. The van der Waals surface area contributed by atoms with E-state index in [1.54, 1.807) is 4.90 Å². The van der Waals surface area contributed by atoms with Crippen LogP contribution in [0.5, 0.6) is 0 Å². The highest BCUT2D eigenvalue weighted by Gasteiger charge is 2.31. The molecule has 1 aliphatic carbocycles. The molecule has 0 spiro atoms. The molecule has 1 heterocycles. The zero-order valence-electron chi connectivity index (χ0n) is 15.5. The van der Waals surface area contributed by atoms with Gasteiger partial charge in [0.25, 0.3) is 0 Å². The second-order valence-corrected chi connectivity index (χ2v) is 8.48. The summed E-state index contributed by atoms with van der Waals surface area (Å²) >= 11 is 11.9. The van der Waals surface area contributed by atoms with Crippen LogP contribution in [0.25, 0.3) is 0 Å². The van der Waals surface area contributed by atoms with Crippen molar-refractivity contribution in [2.75, 3.05) is 25.5 Å². The molecule has 1 unspecified atom stereocenters. The first-order valence-corrected chi connectivity index (χ1v) is 10.5. The normalized spacial score (nSPS) is 21.2. The molecule has 0 bridgehead atoms. The maximum atomic E-state index is 6.21. The molecule has 5 heteroatoms. The minimum absolute atomic E-state index is 0.782. The number of hydrogen-bond acceptors (Lipinski definition) is 1. The van der Waals surface area contributed by atoms with Crippen LogP contribution in [0.3, 0.4) is 0 Å². The number of anilines is 1. The van der Waals surface area contributed by atoms with Crippen LogP contribution in [-0.2, 0) is 0 Å². The van der Waals surface area contributed by atoms with E-state index in [0.717, 1.165) is 46.6 Å². The van der Waals surface area contributed by atoms with E-state index in [2.05, 4.69) is 17.3 Å². The second kappa shape index (κ2) is 8.70. The zero-order valence-corrected chi connectivity index (χ0v) is 17.1. The molecule has 2 N–H and O–H groups in total. The average molecular weight is 381 g/mol. The van der Waals surface area contributed by atoms with Gasteiger partial charge in [0.2, 0.25) is 0 Å². The van der Waals surface area contributed by atoms with Gasteiger partial charge in [-0.15, -0.1) is 0 Å². The van der Waals surface area contributed by atoms with E-state index in [1.807, 2.05) is 25.1 Å². The van der Waals surface area contributed by atoms with Gasteiger partial charge in [0.15, 0.2) is 5.11 Å². The van der Waals surface area contributed by atoms with Crippen LogP contribution in [0.2, 0.25) is 5.02 Å². The van der Waals surface area contributed by atoms with Gasteiger partial charge in [-0.3, -0.25) is 0 Å². The molecule has 2 aliphatic rings. The van der Waals surface area contributed by atoms with Crippen molar-refractivity contribution in [1.29, 1.82) is 0 Å². The lowest BCUT2D eigenvalue weighted by molar-refractivity contribution is -0.933. The molecular formula is C20H31ClN3S+. The summed E-state index contributed by atoms with van der Waals surface area (Å²) in [5, 5.41) is 5.01. The van der Waals surface area contributed by atoms with Crippen LogP contribution < -0.4 is 10.2 Å². The maximum absolute atomic E-state index is 6.21. The topological polar surface area (TPSA) is 19.7 Å². The van der Waals surface area contributed by atoms with Crippen molar-refractivity contribution in [2.24, 2.45) is 0 Å². The lowest BCUT2D eigenvalue weighted by atomic mass is 9.92. The van der Waals surface area contributed by atoms with E-state index in [-0.39, 0.29) is 0 Å². The molecule has 25 heavy (non-hydrogen) atoms. The molecule has 3 rings (SSSR count). The fourth-order valence-corrected chi connectivity index (χ4v) is 4.83. The number of benzene rings is 1. The predicted octanol–water partition coefficient (Wildman–Crippen LogP) is 3.66. The van der Waals surface area contributed by atoms with E-state index in [9.17, 15) is 0 Å². The SMILES string of the molecule is Cc1c(Cl)cccc1NC(=S)N1CCC([NH+](C)C2CCCCC2)CC1. The summed E-state index contributed by atoms with van der Waals surface area (Å²) < 4.78 is 0. The first-order chi connectivity index (χ1) is 12.1. The molecule has 0 aromatic heterocycles. The number of thiocarbonyl (C=S) groups is 1. The molecule has 3 nitrogen and oxygen atoms in total. The number of quaternary nitrogens is 1. The third kappa shape index (κ3) is 4.66. The molecular weight excluding hydrogens is 350 g/mol. The molecule has 0 amide bonds. The Morgan fingerprint density at radius 3 is 2.44 bits per heavy atom. The Morgan fingerprint density at radius 1 is 1.12 bits per heavy atom. The number of rotatable bonds is 3.